The summed E-state index contributed by atoms with van der Waals surface area (Å²) in [7, 11) is 1.77. The molecule has 0 bridgehead atoms. The second-order valence-corrected chi connectivity index (χ2v) is 5.48. The van der Waals surface area contributed by atoms with Crippen molar-refractivity contribution in [1.82, 2.24) is 5.32 Å². The minimum Gasteiger partial charge on any atom is -0.381 e. The minimum absolute atomic E-state index is 0.0249. The molecular weight excluding hydrogens is 190 g/mol. The summed E-state index contributed by atoms with van der Waals surface area (Å²) in [6.45, 7) is 4.27. The molecule has 2 rings (SSSR count). The fraction of sp³-hybridized carbons (Fsp3) is 0.917. The first-order valence-corrected chi connectivity index (χ1v) is 5.86. The zero-order chi connectivity index (χ0) is 11.1. The number of ether oxygens (including phenoxy) is 1. The van der Waals surface area contributed by atoms with Gasteiger partial charge in [0.25, 0.3) is 0 Å². The van der Waals surface area contributed by atoms with Gasteiger partial charge < -0.3 is 10.1 Å². The molecule has 1 N–H and O–H groups in total. The fourth-order valence-corrected chi connectivity index (χ4v) is 3.49. The highest BCUT2D eigenvalue weighted by Gasteiger charge is 2.57. The molecule has 1 spiro atoms. The number of carbonyl (C=O) groups excluding carboxylic acids is 1. The van der Waals surface area contributed by atoms with Gasteiger partial charge in [0.1, 0.15) is 0 Å². The number of hydrogen-bond donors (Lipinski definition) is 1. The molecule has 2 aliphatic rings. The minimum atomic E-state index is -0.120. The van der Waals surface area contributed by atoms with Crippen molar-refractivity contribution in [2.24, 2.45) is 5.41 Å². The van der Waals surface area contributed by atoms with E-state index in [0.29, 0.717) is 6.42 Å². The van der Waals surface area contributed by atoms with E-state index in [1.165, 1.54) is 12.8 Å². The van der Waals surface area contributed by atoms with Crippen LogP contribution in [0, 0.1) is 5.41 Å². The number of hydrogen-bond acceptors (Lipinski definition) is 2. The van der Waals surface area contributed by atoms with Gasteiger partial charge in [-0.25, -0.2) is 0 Å². The normalized spacial score (nSPS) is 39.4. The Bertz CT molecular complexity index is 275. The highest BCUT2D eigenvalue weighted by atomic mass is 16.5. The second kappa shape index (κ2) is 3.48. The summed E-state index contributed by atoms with van der Waals surface area (Å²) in [6, 6.07) is 0. The largest absolute Gasteiger partial charge is 0.381 e. The maximum absolute atomic E-state index is 11.6. The Morgan fingerprint density at radius 2 is 2.13 bits per heavy atom. The van der Waals surface area contributed by atoms with E-state index in [0.717, 1.165) is 12.8 Å². The molecule has 1 aliphatic heterocycles. The lowest BCUT2D eigenvalue weighted by molar-refractivity contribution is -0.121. The molecule has 2 fully saturated rings. The molecule has 1 aliphatic carbocycles. The summed E-state index contributed by atoms with van der Waals surface area (Å²) in [5, 5.41) is 3.10. The van der Waals surface area contributed by atoms with Crippen molar-refractivity contribution >= 4 is 5.91 Å². The molecule has 0 aromatic rings. The monoisotopic (exact) mass is 211 g/mol. The van der Waals surface area contributed by atoms with Crippen LogP contribution in [-0.4, -0.2) is 24.7 Å². The molecule has 0 aromatic carbocycles. The molecule has 1 amide bonds. The van der Waals surface area contributed by atoms with E-state index in [2.05, 4.69) is 19.2 Å². The first-order chi connectivity index (χ1) is 7.02. The maximum atomic E-state index is 11.6. The van der Waals surface area contributed by atoms with Gasteiger partial charge in [-0.2, -0.15) is 0 Å². The summed E-state index contributed by atoms with van der Waals surface area (Å²) in [5.74, 6) is 0.184. The van der Waals surface area contributed by atoms with Crippen molar-refractivity contribution in [2.75, 3.05) is 7.11 Å². The highest BCUT2D eigenvalue weighted by Crippen LogP contribution is 2.51. The van der Waals surface area contributed by atoms with Crippen LogP contribution in [0.3, 0.4) is 0 Å². The van der Waals surface area contributed by atoms with E-state index in [4.69, 9.17) is 4.74 Å². The van der Waals surface area contributed by atoms with Crippen molar-refractivity contribution < 1.29 is 9.53 Å². The van der Waals surface area contributed by atoms with Crippen LogP contribution in [0.2, 0.25) is 0 Å². The maximum Gasteiger partial charge on any atom is 0.221 e. The van der Waals surface area contributed by atoms with Gasteiger partial charge in [0.2, 0.25) is 5.91 Å². The Morgan fingerprint density at radius 3 is 2.67 bits per heavy atom. The molecule has 0 aromatic heterocycles. The number of carbonyl (C=O) groups is 1. The Labute approximate surface area is 91.6 Å². The average Bonchev–Trinajstić information content (AvgIpc) is 2.38. The third-order valence-corrected chi connectivity index (χ3v) is 4.41. The van der Waals surface area contributed by atoms with Gasteiger partial charge in [-0.05, 0) is 26.7 Å². The van der Waals surface area contributed by atoms with E-state index < -0.39 is 0 Å². The van der Waals surface area contributed by atoms with Crippen LogP contribution in [0.4, 0.5) is 0 Å². The summed E-state index contributed by atoms with van der Waals surface area (Å²) in [6.07, 6.45) is 5.52. The van der Waals surface area contributed by atoms with E-state index >= 15 is 0 Å². The molecule has 2 unspecified atom stereocenters. The average molecular weight is 211 g/mol. The van der Waals surface area contributed by atoms with Crippen LogP contribution >= 0.6 is 0 Å². The van der Waals surface area contributed by atoms with Crippen molar-refractivity contribution in [2.45, 2.75) is 57.6 Å². The van der Waals surface area contributed by atoms with Gasteiger partial charge in [-0.1, -0.05) is 12.8 Å². The third kappa shape index (κ3) is 1.48. The molecule has 3 heteroatoms. The molecule has 0 radical (unpaired) electrons. The number of nitrogens with one attached hydrogen (secondary N) is 1. The van der Waals surface area contributed by atoms with Gasteiger partial charge in [-0.3, -0.25) is 4.79 Å². The Kier molecular flexibility index (Phi) is 2.53. The van der Waals surface area contributed by atoms with E-state index in [-0.39, 0.29) is 23.0 Å². The van der Waals surface area contributed by atoms with Crippen LogP contribution < -0.4 is 5.32 Å². The zero-order valence-corrected chi connectivity index (χ0v) is 9.93. The van der Waals surface area contributed by atoms with Crippen LogP contribution in [0.25, 0.3) is 0 Å². The Morgan fingerprint density at radius 1 is 1.40 bits per heavy atom. The third-order valence-electron chi connectivity index (χ3n) is 4.41. The van der Waals surface area contributed by atoms with Crippen molar-refractivity contribution in [3.05, 3.63) is 0 Å². The Hall–Kier alpha value is -0.570. The topological polar surface area (TPSA) is 38.3 Å². The van der Waals surface area contributed by atoms with Gasteiger partial charge in [0, 0.05) is 24.5 Å². The van der Waals surface area contributed by atoms with Gasteiger partial charge >= 0.3 is 0 Å². The summed E-state index contributed by atoms with van der Waals surface area (Å²) in [5.41, 5.74) is -0.0950. The molecule has 3 nitrogen and oxygen atoms in total. The van der Waals surface area contributed by atoms with Gasteiger partial charge in [0.15, 0.2) is 0 Å². The van der Waals surface area contributed by atoms with Gasteiger partial charge in [-0.15, -0.1) is 0 Å². The summed E-state index contributed by atoms with van der Waals surface area (Å²) < 4.78 is 5.62. The summed E-state index contributed by atoms with van der Waals surface area (Å²) >= 11 is 0. The first-order valence-electron chi connectivity index (χ1n) is 5.86. The molecular formula is C12H21NO2. The van der Waals surface area contributed by atoms with E-state index in [1.54, 1.807) is 7.11 Å². The number of rotatable bonds is 1. The molecule has 1 heterocycles. The highest BCUT2D eigenvalue weighted by molar-refractivity contribution is 5.81. The zero-order valence-electron chi connectivity index (χ0n) is 9.93. The van der Waals surface area contributed by atoms with Crippen LogP contribution in [0.5, 0.6) is 0 Å². The standard InChI is InChI=1S/C12H21NO2/c1-11(2)12(8-10(14)13-11)7-5-4-6-9(12)15-3/h9H,4-8H2,1-3H3,(H,13,14). The number of amides is 1. The lowest BCUT2D eigenvalue weighted by atomic mass is 9.61. The van der Waals surface area contributed by atoms with Crippen LogP contribution in [0.15, 0.2) is 0 Å². The van der Waals surface area contributed by atoms with Crippen LogP contribution in [-0.2, 0) is 9.53 Å². The molecule has 1 saturated carbocycles. The summed E-state index contributed by atoms with van der Waals surface area (Å²) in [4.78, 5) is 11.6. The predicted molar refractivity (Wildman–Crippen MR) is 58.5 cm³/mol. The number of methoxy groups -OCH3 is 1. The van der Waals surface area contributed by atoms with Crippen molar-refractivity contribution in [1.29, 1.82) is 0 Å². The van der Waals surface area contributed by atoms with Crippen LogP contribution in [0.1, 0.15) is 46.0 Å². The molecule has 1 saturated heterocycles. The quantitative estimate of drug-likeness (QED) is 0.719. The van der Waals surface area contributed by atoms with Crippen molar-refractivity contribution in [3.8, 4) is 0 Å². The van der Waals surface area contributed by atoms with E-state index in [1.807, 2.05) is 0 Å². The predicted octanol–water partition coefficient (Wildman–Crippen LogP) is 1.86. The molecule has 2 atom stereocenters. The van der Waals surface area contributed by atoms with E-state index in [9.17, 15) is 4.79 Å². The second-order valence-electron chi connectivity index (χ2n) is 5.48. The fourth-order valence-electron chi connectivity index (χ4n) is 3.49. The SMILES string of the molecule is COC1CCCCC12CC(=O)NC2(C)C. The molecule has 15 heavy (non-hydrogen) atoms. The lowest BCUT2D eigenvalue weighted by Crippen LogP contribution is -2.54. The first kappa shape index (κ1) is 10.9. The lowest BCUT2D eigenvalue weighted by Gasteiger charge is -2.48. The van der Waals surface area contributed by atoms with Crippen molar-refractivity contribution in [3.63, 3.8) is 0 Å². The van der Waals surface area contributed by atoms with Gasteiger partial charge in [0.05, 0.1) is 6.10 Å². The Balaban J connectivity index is 2.33. The smallest absolute Gasteiger partial charge is 0.221 e. The molecule has 86 valence electrons.